The highest BCUT2D eigenvalue weighted by atomic mass is 35.5. The van der Waals surface area contributed by atoms with Crippen LogP contribution in [0.25, 0.3) is 0 Å². The van der Waals surface area contributed by atoms with Gasteiger partial charge in [-0.3, -0.25) is 9.59 Å². The first-order valence-corrected chi connectivity index (χ1v) is 6.65. The van der Waals surface area contributed by atoms with E-state index in [0.29, 0.717) is 24.3 Å². The molecule has 102 valence electrons. The molecule has 0 radical (unpaired) electrons. The van der Waals surface area contributed by atoms with Gasteiger partial charge in [0.2, 0.25) is 5.91 Å². The van der Waals surface area contributed by atoms with Crippen LogP contribution in [0.3, 0.4) is 0 Å². The number of carbonyl (C=O) groups excluding carboxylic acids is 2. The molecule has 1 heterocycles. The fourth-order valence-corrected chi connectivity index (χ4v) is 2.30. The van der Waals surface area contributed by atoms with Gasteiger partial charge in [-0.25, -0.2) is 0 Å². The van der Waals surface area contributed by atoms with Crippen molar-refractivity contribution in [1.82, 2.24) is 5.32 Å². The predicted molar refractivity (Wildman–Crippen MR) is 72.8 cm³/mol. The van der Waals surface area contributed by atoms with Gasteiger partial charge in [-0.2, -0.15) is 0 Å². The van der Waals surface area contributed by atoms with Crippen molar-refractivity contribution in [3.63, 3.8) is 0 Å². The van der Waals surface area contributed by atoms with Crippen molar-refractivity contribution in [2.45, 2.75) is 31.7 Å². The minimum absolute atomic E-state index is 0.0970. The van der Waals surface area contributed by atoms with Gasteiger partial charge in [0.05, 0.1) is 18.0 Å². The van der Waals surface area contributed by atoms with Crippen molar-refractivity contribution >= 4 is 23.3 Å². The minimum atomic E-state index is -0.568. The van der Waals surface area contributed by atoms with E-state index in [0.717, 1.165) is 5.56 Å². The van der Waals surface area contributed by atoms with Gasteiger partial charge in [0.1, 0.15) is 5.75 Å². The zero-order valence-electron chi connectivity index (χ0n) is 10.9. The topological polar surface area (TPSA) is 55.4 Å². The number of hydrogen-bond acceptors (Lipinski definition) is 3. The number of rotatable bonds is 3. The van der Waals surface area contributed by atoms with Gasteiger partial charge in [0.25, 0.3) is 0 Å². The van der Waals surface area contributed by atoms with Crippen LogP contribution in [0, 0.1) is 0 Å². The lowest BCUT2D eigenvalue weighted by Gasteiger charge is -2.26. The Morgan fingerprint density at radius 1 is 1.47 bits per heavy atom. The quantitative estimate of drug-likeness (QED) is 0.684. The molecule has 1 aliphatic rings. The number of ether oxygens (including phenoxy) is 1. The summed E-state index contributed by atoms with van der Waals surface area (Å²) in [6.45, 7) is 3.67. The maximum absolute atomic E-state index is 11.9. The van der Waals surface area contributed by atoms with E-state index in [4.69, 9.17) is 16.3 Å². The third-order valence-corrected chi connectivity index (χ3v) is 3.27. The zero-order valence-corrected chi connectivity index (χ0v) is 11.7. The number of carbonyl (C=O) groups is 2. The molecule has 0 saturated carbocycles. The first-order chi connectivity index (χ1) is 8.99. The fourth-order valence-electron chi connectivity index (χ4n) is 2.17. The first kappa shape index (κ1) is 13.9. The van der Waals surface area contributed by atoms with Gasteiger partial charge in [-0.15, -0.1) is 11.6 Å². The molecule has 0 spiro atoms. The number of benzene rings is 1. The fraction of sp³-hybridized carbons (Fsp3) is 0.429. The molecule has 2 rings (SSSR count). The number of Topliss-reactive ketones (excluding diaryl/α,β-unsaturated/α-hetero) is 1. The molecular weight excluding hydrogens is 266 g/mol. The van der Waals surface area contributed by atoms with Crippen LogP contribution in [0.2, 0.25) is 0 Å². The van der Waals surface area contributed by atoms with E-state index in [1.54, 1.807) is 25.1 Å². The number of hydrogen-bond donors (Lipinski definition) is 1. The normalized spacial score (nSPS) is 19.0. The monoisotopic (exact) mass is 281 g/mol. The van der Waals surface area contributed by atoms with Gasteiger partial charge in [0, 0.05) is 24.5 Å². The van der Waals surface area contributed by atoms with Crippen LogP contribution in [0.5, 0.6) is 5.75 Å². The Morgan fingerprint density at radius 2 is 2.21 bits per heavy atom. The van der Waals surface area contributed by atoms with E-state index in [-0.39, 0.29) is 17.7 Å². The molecule has 0 bridgehead atoms. The van der Waals surface area contributed by atoms with E-state index >= 15 is 0 Å². The maximum atomic E-state index is 11.9. The Bertz CT molecular complexity index is 513. The summed E-state index contributed by atoms with van der Waals surface area (Å²) in [6.07, 6.45) is 0.695. The Kier molecular flexibility index (Phi) is 4.10. The first-order valence-electron chi connectivity index (χ1n) is 6.21. The molecule has 19 heavy (non-hydrogen) atoms. The number of alkyl halides is 1. The second-order valence-electron chi connectivity index (χ2n) is 4.62. The molecule has 1 aromatic carbocycles. The molecular formula is C14H16ClNO3. The number of halogens is 1. The molecule has 0 saturated heterocycles. The van der Waals surface area contributed by atoms with Gasteiger partial charge < -0.3 is 10.1 Å². The predicted octanol–water partition coefficient (Wildman–Crippen LogP) is 2.46. The number of amides is 1. The summed E-state index contributed by atoms with van der Waals surface area (Å²) in [4.78, 5) is 23.1. The van der Waals surface area contributed by atoms with Crippen molar-refractivity contribution in [2.24, 2.45) is 0 Å². The van der Waals surface area contributed by atoms with E-state index in [1.807, 2.05) is 0 Å². The lowest BCUT2D eigenvalue weighted by molar-refractivity contribution is -0.119. The summed E-state index contributed by atoms with van der Waals surface area (Å²) >= 11 is 5.82. The third kappa shape index (κ3) is 3.07. The average Bonchev–Trinajstić information content (AvgIpc) is 2.37. The number of ketones is 1. The zero-order chi connectivity index (χ0) is 14.0. The smallest absolute Gasteiger partial charge is 0.217 e. The Balaban J connectivity index is 2.35. The second-order valence-corrected chi connectivity index (χ2v) is 5.28. The Hall–Kier alpha value is -1.55. The van der Waals surface area contributed by atoms with Crippen molar-refractivity contribution in [3.8, 4) is 5.75 Å². The molecule has 5 heteroatoms. The molecule has 1 amide bonds. The average molecular weight is 282 g/mol. The summed E-state index contributed by atoms with van der Waals surface area (Å²) in [5.41, 5.74) is 1.38. The molecule has 1 N–H and O–H groups in total. The maximum Gasteiger partial charge on any atom is 0.217 e. The molecule has 4 nitrogen and oxygen atoms in total. The van der Waals surface area contributed by atoms with Crippen molar-refractivity contribution < 1.29 is 14.3 Å². The van der Waals surface area contributed by atoms with Crippen LogP contribution in [-0.4, -0.2) is 23.7 Å². The van der Waals surface area contributed by atoms with Gasteiger partial charge in [0.15, 0.2) is 5.78 Å². The molecule has 1 aromatic rings. The van der Waals surface area contributed by atoms with Crippen molar-refractivity contribution in [2.75, 3.05) is 6.61 Å². The highest BCUT2D eigenvalue weighted by Gasteiger charge is 2.24. The molecule has 0 fully saturated rings. The Morgan fingerprint density at radius 3 is 2.84 bits per heavy atom. The highest BCUT2D eigenvalue weighted by molar-refractivity contribution is 6.33. The standard InChI is InChI=1S/C14H16ClNO3/c1-8(15)14(18)10-3-4-13-11(7-10)12(5-6-19-13)16-9(2)17/h3-4,7-8,12H,5-6H2,1-2H3,(H,16,17). The summed E-state index contributed by atoms with van der Waals surface area (Å²) in [6, 6.07) is 5.11. The summed E-state index contributed by atoms with van der Waals surface area (Å²) in [5.74, 6) is 0.487. The van der Waals surface area contributed by atoms with Gasteiger partial charge in [-0.05, 0) is 25.1 Å². The number of fused-ring (bicyclic) bond motifs is 1. The van der Waals surface area contributed by atoms with Crippen LogP contribution in [0.15, 0.2) is 18.2 Å². The van der Waals surface area contributed by atoms with Crippen LogP contribution in [-0.2, 0) is 4.79 Å². The summed E-state index contributed by atoms with van der Waals surface area (Å²) in [5, 5.41) is 2.30. The summed E-state index contributed by atoms with van der Waals surface area (Å²) < 4.78 is 5.53. The van der Waals surface area contributed by atoms with Crippen LogP contribution in [0.4, 0.5) is 0 Å². The highest BCUT2D eigenvalue weighted by Crippen LogP contribution is 2.33. The minimum Gasteiger partial charge on any atom is -0.493 e. The van der Waals surface area contributed by atoms with E-state index < -0.39 is 5.38 Å². The summed E-state index contributed by atoms with van der Waals surface area (Å²) in [7, 11) is 0. The number of nitrogens with one attached hydrogen (secondary N) is 1. The van der Waals surface area contributed by atoms with Crippen molar-refractivity contribution in [3.05, 3.63) is 29.3 Å². The Labute approximate surface area is 117 Å². The molecule has 2 unspecified atom stereocenters. The van der Waals surface area contributed by atoms with E-state index in [1.165, 1.54) is 6.92 Å². The SMILES string of the molecule is CC(=O)NC1CCOc2ccc(C(=O)C(C)Cl)cc21. The third-order valence-electron chi connectivity index (χ3n) is 3.07. The molecule has 2 atom stereocenters. The lowest BCUT2D eigenvalue weighted by Crippen LogP contribution is -2.30. The van der Waals surface area contributed by atoms with Crippen LogP contribution >= 0.6 is 11.6 Å². The van der Waals surface area contributed by atoms with Crippen molar-refractivity contribution in [1.29, 1.82) is 0 Å². The van der Waals surface area contributed by atoms with E-state index in [2.05, 4.69) is 5.32 Å². The molecule has 1 aliphatic heterocycles. The molecule has 0 aromatic heterocycles. The largest absolute Gasteiger partial charge is 0.493 e. The van der Waals surface area contributed by atoms with Crippen LogP contribution < -0.4 is 10.1 Å². The van der Waals surface area contributed by atoms with Gasteiger partial charge in [-0.1, -0.05) is 0 Å². The van der Waals surface area contributed by atoms with E-state index in [9.17, 15) is 9.59 Å². The van der Waals surface area contributed by atoms with Gasteiger partial charge >= 0.3 is 0 Å². The lowest BCUT2D eigenvalue weighted by atomic mass is 9.96. The van der Waals surface area contributed by atoms with Crippen LogP contribution in [0.1, 0.15) is 42.2 Å². The molecule has 0 aliphatic carbocycles. The second kappa shape index (κ2) is 5.61.